The minimum absolute atomic E-state index is 0.881. The Bertz CT molecular complexity index is 3190. The summed E-state index contributed by atoms with van der Waals surface area (Å²) in [5.74, 6) is 0. The van der Waals surface area contributed by atoms with Crippen molar-refractivity contribution >= 4 is 71.6 Å². The molecule has 0 aliphatic heterocycles. The monoisotopic (exact) mass is 702 g/mol. The standard InChI is InChI=1S/C52H34N2O/c1-2-12-35(13-3-1)43-16-6-7-17-44(43)36-22-24-39(25-23-36)53(42-30-31-52-48(34-42)46-19-9-11-21-51(46)55-52)40-26-28-41(29-27-40)54-49-20-10-8-18-45(49)47-32-37-14-4-5-15-38(37)33-50(47)54/h1-34H. The van der Waals surface area contributed by atoms with E-state index in [4.69, 9.17) is 4.42 Å². The van der Waals surface area contributed by atoms with Crippen molar-refractivity contribution in [3.05, 3.63) is 206 Å². The van der Waals surface area contributed by atoms with Gasteiger partial charge < -0.3 is 13.9 Å². The van der Waals surface area contributed by atoms with Crippen molar-refractivity contribution in [2.24, 2.45) is 0 Å². The van der Waals surface area contributed by atoms with Crippen LogP contribution in [0, 0.1) is 0 Å². The van der Waals surface area contributed by atoms with Gasteiger partial charge in [0.05, 0.1) is 11.0 Å². The van der Waals surface area contributed by atoms with Crippen LogP contribution in [-0.2, 0) is 0 Å². The lowest BCUT2D eigenvalue weighted by Crippen LogP contribution is -2.10. The van der Waals surface area contributed by atoms with Gasteiger partial charge in [0, 0.05) is 44.3 Å². The largest absolute Gasteiger partial charge is 0.456 e. The molecule has 0 atom stereocenters. The number of hydrogen-bond donors (Lipinski definition) is 0. The number of aromatic nitrogens is 1. The van der Waals surface area contributed by atoms with E-state index in [-0.39, 0.29) is 0 Å². The van der Waals surface area contributed by atoms with E-state index in [2.05, 4.69) is 204 Å². The number of rotatable bonds is 6. The lowest BCUT2D eigenvalue weighted by Gasteiger charge is -2.26. The number of para-hydroxylation sites is 2. The van der Waals surface area contributed by atoms with Crippen molar-refractivity contribution in [3.63, 3.8) is 0 Å². The van der Waals surface area contributed by atoms with Crippen LogP contribution in [0.15, 0.2) is 211 Å². The summed E-state index contributed by atoms with van der Waals surface area (Å²) in [6.07, 6.45) is 0. The van der Waals surface area contributed by atoms with Gasteiger partial charge in [-0.25, -0.2) is 0 Å². The predicted octanol–water partition coefficient (Wildman–Crippen LogP) is 14.6. The molecule has 0 bridgehead atoms. The molecule has 258 valence electrons. The Labute approximate surface area is 318 Å². The summed E-state index contributed by atoms with van der Waals surface area (Å²) < 4.78 is 8.64. The Morgan fingerprint density at radius 2 is 0.909 bits per heavy atom. The summed E-state index contributed by atoms with van der Waals surface area (Å²) >= 11 is 0. The highest BCUT2D eigenvalue weighted by Gasteiger charge is 2.18. The van der Waals surface area contributed by atoms with E-state index in [1.54, 1.807) is 0 Å². The zero-order chi connectivity index (χ0) is 36.3. The number of hydrogen-bond acceptors (Lipinski definition) is 2. The molecule has 0 saturated heterocycles. The van der Waals surface area contributed by atoms with E-state index in [1.165, 1.54) is 54.8 Å². The minimum atomic E-state index is 0.881. The van der Waals surface area contributed by atoms with Gasteiger partial charge in [0.2, 0.25) is 0 Å². The topological polar surface area (TPSA) is 21.3 Å². The molecule has 0 radical (unpaired) electrons. The Morgan fingerprint density at radius 3 is 1.67 bits per heavy atom. The van der Waals surface area contributed by atoms with Gasteiger partial charge in [-0.05, 0) is 112 Å². The Balaban J connectivity index is 1.05. The normalized spacial score (nSPS) is 11.6. The van der Waals surface area contributed by atoms with Gasteiger partial charge in [0.15, 0.2) is 0 Å². The molecule has 0 saturated carbocycles. The van der Waals surface area contributed by atoms with Crippen molar-refractivity contribution in [2.75, 3.05) is 4.90 Å². The molecule has 11 rings (SSSR count). The van der Waals surface area contributed by atoms with Crippen LogP contribution < -0.4 is 4.90 Å². The SMILES string of the molecule is c1ccc(-c2ccccc2-c2ccc(N(c3ccc(-n4c5ccccc5c5cc6ccccc6cc54)cc3)c3ccc4oc5ccccc5c4c3)cc2)cc1. The molecule has 2 aromatic heterocycles. The fourth-order valence-corrected chi connectivity index (χ4v) is 8.38. The molecule has 0 aliphatic rings. The predicted molar refractivity (Wildman–Crippen MR) is 231 cm³/mol. The zero-order valence-corrected chi connectivity index (χ0v) is 29.9. The maximum absolute atomic E-state index is 6.24. The van der Waals surface area contributed by atoms with Gasteiger partial charge in [-0.3, -0.25) is 0 Å². The van der Waals surface area contributed by atoms with Crippen molar-refractivity contribution < 1.29 is 4.42 Å². The first-order chi connectivity index (χ1) is 27.3. The van der Waals surface area contributed by atoms with Gasteiger partial charge in [-0.1, -0.05) is 127 Å². The molecule has 11 aromatic rings. The summed E-state index contributed by atoms with van der Waals surface area (Å²) in [5.41, 5.74) is 13.3. The molecule has 55 heavy (non-hydrogen) atoms. The first-order valence-corrected chi connectivity index (χ1v) is 18.8. The average molecular weight is 703 g/mol. The molecule has 0 N–H and O–H groups in total. The Morgan fingerprint density at radius 1 is 0.345 bits per heavy atom. The van der Waals surface area contributed by atoms with Crippen LogP contribution >= 0.6 is 0 Å². The van der Waals surface area contributed by atoms with Crippen molar-refractivity contribution in [1.82, 2.24) is 4.57 Å². The van der Waals surface area contributed by atoms with Crippen LogP contribution in [0.1, 0.15) is 0 Å². The second-order valence-electron chi connectivity index (χ2n) is 14.2. The fraction of sp³-hybridized carbons (Fsp3) is 0. The highest BCUT2D eigenvalue weighted by atomic mass is 16.3. The summed E-state index contributed by atoms with van der Waals surface area (Å²) in [6, 6.07) is 74.0. The highest BCUT2D eigenvalue weighted by Crippen LogP contribution is 2.41. The minimum Gasteiger partial charge on any atom is -0.456 e. The smallest absolute Gasteiger partial charge is 0.135 e. The molecule has 3 heteroatoms. The van der Waals surface area contributed by atoms with Gasteiger partial charge in [0.25, 0.3) is 0 Å². The highest BCUT2D eigenvalue weighted by molar-refractivity contribution is 6.13. The summed E-state index contributed by atoms with van der Waals surface area (Å²) in [4.78, 5) is 2.34. The number of benzene rings is 9. The van der Waals surface area contributed by atoms with E-state index >= 15 is 0 Å². The molecule has 0 aliphatic carbocycles. The third-order valence-electron chi connectivity index (χ3n) is 11.0. The Kier molecular flexibility index (Phi) is 7.17. The number of nitrogens with zero attached hydrogens (tertiary/aromatic N) is 2. The molecule has 0 amide bonds. The summed E-state index contributed by atoms with van der Waals surface area (Å²) in [5, 5.41) is 7.21. The lowest BCUT2D eigenvalue weighted by molar-refractivity contribution is 0.669. The fourth-order valence-electron chi connectivity index (χ4n) is 8.38. The first-order valence-electron chi connectivity index (χ1n) is 18.8. The first kappa shape index (κ1) is 31.2. The van der Waals surface area contributed by atoms with E-state index in [0.717, 1.165) is 44.7 Å². The van der Waals surface area contributed by atoms with Crippen molar-refractivity contribution in [3.8, 4) is 27.9 Å². The van der Waals surface area contributed by atoms with E-state index in [0.29, 0.717) is 0 Å². The van der Waals surface area contributed by atoms with Crippen LogP contribution in [0.2, 0.25) is 0 Å². The van der Waals surface area contributed by atoms with Crippen LogP contribution in [0.4, 0.5) is 17.1 Å². The number of furan rings is 1. The molecule has 0 fully saturated rings. The molecule has 0 unspecified atom stereocenters. The van der Waals surface area contributed by atoms with Crippen LogP contribution in [0.3, 0.4) is 0 Å². The van der Waals surface area contributed by atoms with Gasteiger partial charge >= 0.3 is 0 Å². The van der Waals surface area contributed by atoms with E-state index < -0.39 is 0 Å². The van der Waals surface area contributed by atoms with Crippen molar-refractivity contribution in [2.45, 2.75) is 0 Å². The van der Waals surface area contributed by atoms with E-state index in [9.17, 15) is 0 Å². The van der Waals surface area contributed by atoms with Crippen LogP contribution in [-0.4, -0.2) is 4.57 Å². The molecule has 0 spiro atoms. The zero-order valence-electron chi connectivity index (χ0n) is 29.9. The van der Waals surface area contributed by atoms with Crippen LogP contribution in [0.25, 0.3) is 82.5 Å². The summed E-state index contributed by atoms with van der Waals surface area (Å²) in [6.45, 7) is 0. The van der Waals surface area contributed by atoms with Gasteiger partial charge in [0.1, 0.15) is 11.2 Å². The number of fused-ring (bicyclic) bond motifs is 7. The Hall–Kier alpha value is -7.36. The second kappa shape index (κ2) is 12.6. The number of anilines is 3. The quantitative estimate of drug-likeness (QED) is 0.172. The molecule has 2 heterocycles. The maximum Gasteiger partial charge on any atom is 0.135 e. The lowest BCUT2D eigenvalue weighted by atomic mass is 9.94. The maximum atomic E-state index is 6.24. The second-order valence-corrected chi connectivity index (χ2v) is 14.2. The molecule has 3 nitrogen and oxygen atoms in total. The van der Waals surface area contributed by atoms with Crippen LogP contribution in [0.5, 0.6) is 0 Å². The van der Waals surface area contributed by atoms with Crippen molar-refractivity contribution in [1.29, 1.82) is 0 Å². The van der Waals surface area contributed by atoms with E-state index in [1.807, 2.05) is 12.1 Å². The third kappa shape index (κ3) is 5.20. The summed E-state index contributed by atoms with van der Waals surface area (Å²) in [7, 11) is 0. The van der Waals surface area contributed by atoms with Gasteiger partial charge in [-0.15, -0.1) is 0 Å². The average Bonchev–Trinajstić information content (AvgIpc) is 3.79. The molecule has 9 aromatic carbocycles. The molecular formula is C52H34N2O. The van der Waals surface area contributed by atoms with Gasteiger partial charge in [-0.2, -0.15) is 0 Å². The third-order valence-corrected chi connectivity index (χ3v) is 11.0. The molecular weight excluding hydrogens is 669 g/mol.